The Hall–Kier alpha value is -1.75. The van der Waals surface area contributed by atoms with Crippen LogP contribution >= 0.6 is 11.6 Å². The Kier molecular flexibility index (Phi) is 4.78. The SMILES string of the molecule is CCOc1cc(C=O)c(Cl)cc1OCC(=O)[O-]. The van der Waals surface area contributed by atoms with Gasteiger partial charge in [0.15, 0.2) is 17.8 Å². The normalized spacial score (nSPS) is 9.76. The van der Waals surface area contributed by atoms with Gasteiger partial charge in [-0.25, -0.2) is 0 Å². The monoisotopic (exact) mass is 257 g/mol. The molecular weight excluding hydrogens is 248 g/mol. The maximum Gasteiger partial charge on any atom is 0.163 e. The molecule has 0 saturated carbocycles. The average Bonchev–Trinajstić information content (AvgIpc) is 2.29. The predicted molar refractivity (Wildman–Crippen MR) is 58.5 cm³/mol. The third-order valence-corrected chi connectivity index (χ3v) is 2.16. The first-order valence-electron chi connectivity index (χ1n) is 4.82. The van der Waals surface area contributed by atoms with Gasteiger partial charge in [-0.15, -0.1) is 0 Å². The molecule has 0 atom stereocenters. The second-order valence-corrected chi connectivity index (χ2v) is 3.44. The van der Waals surface area contributed by atoms with Crippen molar-refractivity contribution >= 4 is 23.9 Å². The molecular formula is C11H10ClO5-. The Balaban J connectivity index is 3.03. The van der Waals surface area contributed by atoms with E-state index in [9.17, 15) is 14.7 Å². The van der Waals surface area contributed by atoms with Crippen LogP contribution in [0.5, 0.6) is 11.5 Å². The van der Waals surface area contributed by atoms with Gasteiger partial charge in [0.2, 0.25) is 0 Å². The molecule has 0 bridgehead atoms. The molecule has 1 aromatic rings. The van der Waals surface area contributed by atoms with E-state index < -0.39 is 12.6 Å². The van der Waals surface area contributed by atoms with Gasteiger partial charge >= 0.3 is 0 Å². The fourth-order valence-corrected chi connectivity index (χ4v) is 1.36. The van der Waals surface area contributed by atoms with Crippen molar-refractivity contribution < 1.29 is 24.2 Å². The van der Waals surface area contributed by atoms with Crippen molar-refractivity contribution in [2.45, 2.75) is 6.92 Å². The van der Waals surface area contributed by atoms with Crippen molar-refractivity contribution in [2.75, 3.05) is 13.2 Å². The minimum absolute atomic E-state index is 0.159. The van der Waals surface area contributed by atoms with Crippen LogP contribution in [0.2, 0.25) is 5.02 Å². The lowest BCUT2D eigenvalue weighted by molar-refractivity contribution is -0.307. The van der Waals surface area contributed by atoms with E-state index in [-0.39, 0.29) is 22.1 Å². The van der Waals surface area contributed by atoms with E-state index in [1.54, 1.807) is 6.92 Å². The summed E-state index contributed by atoms with van der Waals surface area (Å²) in [6.45, 7) is 1.48. The number of carbonyl (C=O) groups excluding carboxylic acids is 2. The Morgan fingerprint density at radius 1 is 1.41 bits per heavy atom. The Bertz CT molecular complexity index is 430. The van der Waals surface area contributed by atoms with Crippen LogP contribution in [0.25, 0.3) is 0 Å². The van der Waals surface area contributed by atoms with Crippen LogP contribution in [-0.4, -0.2) is 25.5 Å². The maximum atomic E-state index is 10.7. The number of benzene rings is 1. The van der Waals surface area contributed by atoms with Crippen molar-refractivity contribution in [3.05, 3.63) is 22.7 Å². The molecule has 0 saturated heterocycles. The number of rotatable bonds is 6. The number of carboxylic acids is 1. The quantitative estimate of drug-likeness (QED) is 0.701. The summed E-state index contributed by atoms with van der Waals surface area (Å²) in [5.41, 5.74) is 0.246. The number of aldehydes is 1. The van der Waals surface area contributed by atoms with E-state index in [1.807, 2.05) is 0 Å². The van der Waals surface area contributed by atoms with Gasteiger partial charge in [0, 0.05) is 11.6 Å². The molecule has 17 heavy (non-hydrogen) atoms. The van der Waals surface area contributed by atoms with Crippen LogP contribution in [0.4, 0.5) is 0 Å². The first-order chi connectivity index (χ1) is 8.08. The predicted octanol–water partition coefficient (Wildman–Crippen LogP) is 0.680. The summed E-state index contributed by atoms with van der Waals surface area (Å²) in [6.07, 6.45) is 0.577. The molecule has 6 heteroatoms. The fraction of sp³-hybridized carbons (Fsp3) is 0.273. The minimum atomic E-state index is -1.36. The molecule has 1 aromatic carbocycles. The molecule has 0 aliphatic carbocycles. The molecule has 0 aliphatic rings. The molecule has 0 radical (unpaired) electrons. The van der Waals surface area contributed by atoms with Gasteiger partial charge in [-0.1, -0.05) is 11.6 Å². The zero-order valence-electron chi connectivity index (χ0n) is 9.07. The summed E-state index contributed by atoms with van der Waals surface area (Å²) in [5, 5.41) is 10.4. The highest BCUT2D eigenvalue weighted by Crippen LogP contribution is 2.32. The number of halogens is 1. The summed E-state index contributed by atoms with van der Waals surface area (Å²) in [7, 11) is 0. The van der Waals surface area contributed by atoms with Crippen LogP contribution in [0.1, 0.15) is 17.3 Å². The Morgan fingerprint density at radius 3 is 2.59 bits per heavy atom. The van der Waals surface area contributed by atoms with E-state index >= 15 is 0 Å². The number of ether oxygens (including phenoxy) is 2. The van der Waals surface area contributed by atoms with Crippen molar-refractivity contribution in [3.63, 3.8) is 0 Å². The minimum Gasteiger partial charge on any atom is -0.546 e. The van der Waals surface area contributed by atoms with Crippen molar-refractivity contribution in [1.82, 2.24) is 0 Å². The second kappa shape index (κ2) is 6.10. The highest BCUT2D eigenvalue weighted by molar-refractivity contribution is 6.33. The van der Waals surface area contributed by atoms with E-state index in [1.165, 1.54) is 12.1 Å². The lowest BCUT2D eigenvalue weighted by atomic mass is 10.2. The molecule has 0 aromatic heterocycles. The highest BCUT2D eigenvalue weighted by Gasteiger charge is 2.10. The van der Waals surface area contributed by atoms with Gasteiger partial charge in [0.05, 0.1) is 17.6 Å². The van der Waals surface area contributed by atoms with Crippen molar-refractivity contribution in [2.24, 2.45) is 0 Å². The summed E-state index contributed by atoms with van der Waals surface area (Å²) < 4.78 is 10.2. The third-order valence-electron chi connectivity index (χ3n) is 1.84. The molecule has 0 aliphatic heterocycles. The zero-order valence-corrected chi connectivity index (χ0v) is 9.82. The van der Waals surface area contributed by atoms with Gasteiger partial charge in [-0.05, 0) is 13.0 Å². The zero-order chi connectivity index (χ0) is 12.8. The van der Waals surface area contributed by atoms with Crippen LogP contribution in [0.15, 0.2) is 12.1 Å². The third kappa shape index (κ3) is 3.64. The smallest absolute Gasteiger partial charge is 0.163 e. The number of hydrogen-bond acceptors (Lipinski definition) is 5. The van der Waals surface area contributed by atoms with Gasteiger partial charge in [0.1, 0.15) is 6.61 Å². The lowest BCUT2D eigenvalue weighted by Gasteiger charge is -2.13. The van der Waals surface area contributed by atoms with Crippen molar-refractivity contribution in [1.29, 1.82) is 0 Å². The van der Waals surface area contributed by atoms with E-state index in [2.05, 4.69) is 0 Å². The van der Waals surface area contributed by atoms with Crippen LogP contribution in [0.3, 0.4) is 0 Å². The van der Waals surface area contributed by atoms with Gasteiger partial charge in [-0.2, -0.15) is 0 Å². The first-order valence-corrected chi connectivity index (χ1v) is 5.20. The number of carboxylic acid groups (broad SMARTS) is 1. The topological polar surface area (TPSA) is 75.7 Å². The summed E-state index contributed by atoms with van der Waals surface area (Å²) >= 11 is 5.79. The standard InChI is InChI=1S/C11H11ClO5/c1-2-16-9-3-7(5-13)8(12)4-10(9)17-6-11(14)15/h3-5H,2,6H2,1H3,(H,14,15)/p-1. The summed E-state index contributed by atoms with van der Waals surface area (Å²) in [4.78, 5) is 21.0. The molecule has 0 N–H and O–H groups in total. The van der Waals surface area contributed by atoms with E-state index in [4.69, 9.17) is 21.1 Å². The Morgan fingerprint density at radius 2 is 2.06 bits per heavy atom. The molecule has 0 fully saturated rings. The van der Waals surface area contributed by atoms with Gasteiger partial charge in [-0.3, -0.25) is 4.79 Å². The molecule has 5 nitrogen and oxygen atoms in total. The highest BCUT2D eigenvalue weighted by atomic mass is 35.5. The second-order valence-electron chi connectivity index (χ2n) is 3.03. The fourth-order valence-electron chi connectivity index (χ4n) is 1.16. The molecule has 0 unspecified atom stereocenters. The molecule has 92 valence electrons. The molecule has 0 amide bonds. The Labute approximate surface area is 103 Å². The summed E-state index contributed by atoms with van der Waals surface area (Å²) in [6, 6.07) is 2.72. The number of hydrogen-bond donors (Lipinski definition) is 0. The molecule has 1 rings (SSSR count). The maximum absolute atomic E-state index is 10.7. The molecule has 0 spiro atoms. The number of aliphatic carboxylic acids is 1. The van der Waals surface area contributed by atoms with E-state index in [0.29, 0.717) is 12.9 Å². The van der Waals surface area contributed by atoms with Crippen LogP contribution in [-0.2, 0) is 4.79 Å². The largest absolute Gasteiger partial charge is 0.546 e. The van der Waals surface area contributed by atoms with Crippen LogP contribution in [0, 0.1) is 0 Å². The van der Waals surface area contributed by atoms with Gasteiger partial charge in [0.25, 0.3) is 0 Å². The summed E-state index contributed by atoms with van der Waals surface area (Å²) in [5.74, 6) is -0.935. The van der Waals surface area contributed by atoms with Gasteiger partial charge < -0.3 is 19.4 Å². The van der Waals surface area contributed by atoms with Crippen LogP contribution < -0.4 is 14.6 Å². The first kappa shape index (κ1) is 13.3. The number of carbonyl (C=O) groups is 2. The molecule has 0 heterocycles. The van der Waals surface area contributed by atoms with Crippen molar-refractivity contribution in [3.8, 4) is 11.5 Å². The average molecular weight is 258 g/mol. The van der Waals surface area contributed by atoms with E-state index in [0.717, 1.165) is 0 Å². The lowest BCUT2D eigenvalue weighted by Crippen LogP contribution is -2.29.